The van der Waals surface area contributed by atoms with E-state index in [-0.39, 0.29) is 11.5 Å². The Hall–Kier alpha value is -2.60. The minimum atomic E-state index is -1.07. The van der Waals surface area contributed by atoms with Gasteiger partial charge in [0.1, 0.15) is 11.5 Å². The Labute approximate surface area is 146 Å². The summed E-state index contributed by atoms with van der Waals surface area (Å²) < 4.78 is 11.8. The van der Waals surface area contributed by atoms with Crippen LogP contribution in [0.15, 0.2) is 52.7 Å². The lowest BCUT2D eigenvalue weighted by atomic mass is 10.1. The molecule has 122 valence electrons. The smallest absolute Gasteiger partial charge is 0.344 e. The number of halogens is 1. The number of benzene rings is 2. The largest absolute Gasteiger partial charge is 0.479 e. The molecule has 0 amide bonds. The zero-order valence-electron chi connectivity index (χ0n) is 12.7. The van der Waals surface area contributed by atoms with E-state index < -0.39 is 12.1 Å². The van der Waals surface area contributed by atoms with E-state index in [1.165, 1.54) is 13.0 Å². The standard InChI is InChI=1S/C18H13BrO5/c1-10(18(21)22)23-13-5-6-14-15(9-13)24-16(17(14)20)8-11-3-2-4-12(19)7-11/h2-10H,1H3,(H,21,22)/b16-8-. The molecule has 1 N–H and O–H groups in total. The molecule has 0 radical (unpaired) electrons. The zero-order chi connectivity index (χ0) is 17.3. The molecule has 1 aliphatic heterocycles. The molecule has 1 aliphatic rings. The fourth-order valence-corrected chi connectivity index (χ4v) is 2.66. The molecule has 2 aromatic rings. The van der Waals surface area contributed by atoms with Gasteiger partial charge >= 0.3 is 5.97 Å². The van der Waals surface area contributed by atoms with Gasteiger partial charge < -0.3 is 14.6 Å². The molecular formula is C18H13BrO5. The van der Waals surface area contributed by atoms with Gasteiger partial charge in [0.25, 0.3) is 0 Å². The second-order valence-electron chi connectivity index (χ2n) is 5.25. The maximum absolute atomic E-state index is 12.4. The summed E-state index contributed by atoms with van der Waals surface area (Å²) >= 11 is 3.38. The summed E-state index contributed by atoms with van der Waals surface area (Å²) in [5, 5.41) is 8.88. The van der Waals surface area contributed by atoms with E-state index in [1.54, 1.807) is 18.2 Å². The van der Waals surface area contributed by atoms with Crippen molar-refractivity contribution in [2.75, 3.05) is 0 Å². The van der Waals surface area contributed by atoms with Crippen molar-refractivity contribution in [3.05, 3.63) is 63.8 Å². The number of allylic oxidation sites excluding steroid dienone is 1. The predicted molar refractivity (Wildman–Crippen MR) is 91.2 cm³/mol. The third-order valence-electron chi connectivity index (χ3n) is 3.45. The molecule has 0 saturated carbocycles. The minimum absolute atomic E-state index is 0.214. The summed E-state index contributed by atoms with van der Waals surface area (Å²) in [5.74, 6) is -0.381. The third-order valence-corrected chi connectivity index (χ3v) is 3.94. The van der Waals surface area contributed by atoms with Crippen LogP contribution in [0.2, 0.25) is 0 Å². The highest BCUT2D eigenvalue weighted by atomic mass is 79.9. The van der Waals surface area contributed by atoms with Crippen LogP contribution in [0.3, 0.4) is 0 Å². The summed E-state index contributed by atoms with van der Waals surface area (Å²) in [6.45, 7) is 1.43. The Kier molecular flexibility index (Phi) is 4.40. The number of ether oxygens (including phenoxy) is 2. The van der Waals surface area contributed by atoms with Gasteiger partial charge in [-0.25, -0.2) is 4.79 Å². The van der Waals surface area contributed by atoms with E-state index in [4.69, 9.17) is 14.6 Å². The lowest BCUT2D eigenvalue weighted by Gasteiger charge is -2.10. The Balaban J connectivity index is 1.86. The molecule has 0 saturated heterocycles. The molecule has 0 spiro atoms. The van der Waals surface area contributed by atoms with Gasteiger partial charge in [-0.05, 0) is 42.8 Å². The summed E-state index contributed by atoms with van der Waals surface area (Å²) in [4.78, 5) is 23.2. The van der Waals surface area contributed by atoms with Crippen LogP contribution in [0.1, 0.15) is 22.8 Å². The molecule has 0 bridgehead atoms. The van der Waals surface area contributed by atoms with Gasteiger partial charge in [0.15, 0.2) is 11.9 Å². The van der Waals surface area contributed by atoms with Crippen molar-refractivity contribution in [1.82, 2.24) is 0 Å². The van der Waals surface area contributed by atoms with Gasteiger partial charge in [0.05, 0.1) is 5.56 Å². The summed E-state index contributed by atoms with van der Waals surface area (Å²) in [6.07, 6.45) is 0.671. The number of hydrogen-bond donors (Lipinski definition) is 1. The summed E-state index contributed by atoms with van der Waals surface area (Å²) in [7, 11) is 0. The molecule has 0 aromatic heterocycles. The summed E-state index contributed by atoms with van der Waals surface area (Å²) in [6, 6.07) is 12.1. The van der Waals surface area contributed by atoms with Crippen molar-refractivity contribution < 1.29 is 24.2 Å². The fraction of sp³-hybridized carbons (Fsp3) is 0.111. The third kappa shape index (κ3) is 3.33. The van der Waals surface area contributed by atoms with Crippen LogP contribution in [-0.2, 0) is 4.79 Å². The molecule has 24 heavy (non-hydrogen) atoms. The summed E-state index contributed by atoms with van der Waals surface area (Å²) in [5.41, 5.74) is 1.25. The van der Waals surface area contributed by atoms with E-state index in [0.29, 0.717) is 17.1 Å². The number of aliphatic carboxylic acids is 1. The number of carbonyl (C=O) groups is 2. The monoisotopic (exact) mass is 388 g/mol. The van der Waals surface area contributed by atoms with Crippen molar-refractivity contribution >= 4 is 33.8 Å². The number of carbonyl (C=O) groups excluding carboxylic acids is 1. The van der Waals surface area contributed by atoms with Crippen LogP contribution in [-0.4, -0.2) is 23.0 Å². The molecule has 5 nitrogen and oxygen atoms in total. The molecule has 1 atom stereocenters. The lowest BCUT2D eigenvalue weighted by molar-refractivity contribution is -0.144. The minimum Gasteiger partial charge on any atom is -0.479 e. The van der Waals surface area contributed by atoms with Gasteiger partial charge in [-0.15, -0.1) is 0 Å². The van der Waals surface area contributed by atoms with Crippen LogP contribution in [0.25, 0.3) is 6.08 Å². The Bertz CT molecular complexity index is 856. The van der Waals surface area contributed by atoms with Crippen molar-refractivity contribution in [3.63, 3.8) is 0 Å². The van der Waals surface area contributed by atoms with Crippen LogP contribution in [0.4, 0.5) is 0 Å². The van der Waals surface area contributed by atoms with Gasteiger partial charge in [0, 0.05) is 10.5 Å². The number of rotatable bonds is 4. The first-order chi connectivity index (χ1) is 11.4. The molecule has 0 aliphatic carbocycles. The number of hydrogen-bond acceptors (Lipinski definition) is 4. The van der Waals surface area contributed by atoms with Gasteiger partial charge in [-0.2, -0.15) is 0 Å². The normalized spacial score (nSPS) is 15.8. The number of carboxylic acids is 1. The maximum atomic E-state index is 12.4. The highest BCUT2D eigenvalue weighted by molar-refractivity contribution is 9.10. The lowest BCUT2D eigenvalue weighted by Crippen LogP contribution is -2.22. The van der Waals surface area contributed by atoms with Gasteiger partial charge in [-0.3, -0.25) is 4.79 Å². The molecule has 1 heterocycles. The van der Waals surface area contributed by atoms with Crippen molar-refractivity contribution in [1.29, 1.82) is 0 Å². The molecule has 2 aromatic carbocycles. The molecular weight excluding hydrogens is 376 g/mol. The number of Topliss-reactive ketones (excluding diaryl/α,β-unsaturated/α-hetero) is 1. The highest BCUT2D eigenvalue weighted by Gasteiger charge is 2.28. The van der Waals surface area contributed by atoms with Gasteiger partial charge in [-0.1, -0.05) is 28.1 Å². The average Bonchev–Trinajstić information content (AvgIpc) is 2.83. The van der Waals surface area contributed by atoms with Crippen molar-refractivity contribution in [3.8, 4) is 11.5 Å². The predicted octanol–water partition coefficient (Wildman–Crippen LogP) is 3.92. The number of carboxylic acid groups (broad SMARTS) is 1. The maximum Gasteiger partial charge on any atom is 0.344 e. The number of fused-ring (bicyclic) bond motifs is 1. The zero-order valence-corrected chi connectivity index (χ0v) is 14.2. The Morgan fingerprint density at radius 3 is 2.79 bits per heavy atom. The fourth-order valence-electron chi connectivity index (χ4n) is 2.24. The highest BCUT2D eigenvalue weighted by Crippen LogP contribution is 2.35. The second kappa shape index (κ2) is 6.49. The van der Waals surface area contributed by atoms with Crippen LogP contribution >= 0.6 is 15.9 Å². The molecule has 1 unspecified atom stereocenters. The SMILES string of the molecule is CC(Oc1ccc2c(c1)O/C(=C\c1cccc(Br)c1)C2=O)C(=O)O. The van der Waals surface area contributed by atoms with E-state index in [1.807, 2.05) is 24.3 Å². The first kappa shape index (κ1) is 16.3. The van der Waals surface area contributed by atoms with E-state index in [2.05, 4.69) is 15.9 Å². The van der Waals surface area contributed by atoms with E-state index in [9.17, 15) is 9.59 Å². The Morgan fingerprint density at radius 1 is 1.29 bits per heavy atom. The van der Waals surface area contributed by atoms with Crippen LogP contribution in [0, 0.1) is 0 Å². The van der Waals surface area contributed by atoms with Crippen molar-refractivity contribution in [2.24, 2.45) is 0 Å². The number of ketones is 1. The quantitative estimate of drug-likeness (QED) is 0.803. The Morgan fingerprint density at radius 2 is 2.08 bits per heavy atom. The first-order valence-electron chi connectivity index (χ1n) is 7.17. The van der Waals surface area contributed by atoms with Crippen LogP contribution < -0.4 is 9.47 Å². The van der Waals surface area contributed by atoms with E-state index in [0.717, 1.165) is 10.0 Å². The molecule has 3 rings (SSSR count). The average molecular weight is 389 g/mol. The van der Waals surface area contributed by atoms with E-state index >= 15 is 0 Å². The molecule has 0 fully saturated rings. The second-order valence-corrected chi connectivity index (χ2v) is 6.17. The first-order valence-corrected chi connectivity index (χ1v) is 7.96. The van der Waals surface area contributed by atoms with Gasteiger partial charge in [0.2, 0.25) is 5.78 Å². The molecule has 6 heteroatoms. The van der Waals surface area contributed by atoms with Crippen LogP contribution in [0.5, 0.6) is 11.5 Å². The topological polar surface area (TPSA) is 72.8 Å². The van der Waals surface area contributed by atoms with Crippen molar-refractivity contribution in [2.45, 2.75) is 13.0 Å².